The molecule has 0 saturated carbocycles. The summed E-state index contributed by atoms with van der Waals surface area (Å²) in [6, 6.07) is 6.50. The van der Waals surface area contributed by atoms with Crippen molar-refractivity contribution in [1.29, 1.82) is 0 Å². The van der Waals surface area contributed by atoms with Crippen molar-refractivity contribution in [2.24, 2.45) is 13.0 Å². The van der Waals surface area contributed by atoms with Crippen molar-refractivity contribution in [3.05, 3.63) is 50.2 Å². The van der Waals surface area contributed by atoms with Crippen LogP contribution in [0.3, 0.4) is 0 Å². The first kappa shape index (κ1) is 20.4. The van der Waals surface area contributed by atoms with Gasteiger partial charge < -0.3 is 0 Å². The average Bonchev–Trinajstić information content (AvgIpc) is 3.07. The molecule has 0 aliphatic carbocycles. The minimum Gasteiger partial charge on any atom is -0.267 e. The Labute approximate surface area is 176 Å². The summed E-state index contributed by atoms with van der Waals surface area (Å²) in [5, 5.41) is 0. The summed E-state index contributed by atoms with van der Waals surface area (Å²) in [5.74, 6) is 1.24. The van der Waals surface area contributed by atoms with E-state index in [1.165, 1.54) is 15.7 Å². The van der Waals surface area contributed by atoms with Gasteiger partial charge in [0.25, 0.3) is 5.56 Å². The van der Waals surface area contributed by atoms with Gasteiger partial charge >= 0.3 is 11.6 Å². The van der Waals surface area contributed by atoms with Gasteiger partial charge in [0.05, 0.1) is 13.1 Å². The van der Waals surface area contributed by atoms with Crippen LogP contribution >= 0.6 is 0 Å². The predicted octanol–water partition coefficient (Wildman–Crippen LogP) is 2.91. The second kappa shape index (κ2) is 7.78. The van der Waals surface area contributed by atoms with Gasteiger partial charge in [-0.25, -0.2) is 19.2 Å². The predicted molar refractivity (Wildman–Crippen MR) is 120 cm³/mol. The summed E-state index contributed by atoms with van der Waals surface area (Å²) in [6.45, 7) is 10.6. The Kier molecular flexibility index (Phi) is 5.30. The Morgan fingerprint density at radius 3 is 2.50 bits per heavy atom. The normalized spacial score (nSPS) is 16.3. The molecule has 160 valence electrons. The van der Waals surface area contributed by atoms with Gasteiger partial charge in [-0.2, -0.15) is 0 Å². The monoisotopic (exact) mass is 410 g/mol. The lowest BCUT2D eigenvalue weighted by molar-refractivity contribution is -0.669. The van der Waals surface area contributed by atoms with E-state index in [0.717, 1.165) is 44.0 Å². The van der Waals surface area contributed by atoms with Crippen molar-refractivity contribution in [2.45, 2.75) is 60.0 Å². The van der Waals surface area contributed by atoms with Crippen LogP contribution in [0.1, 0.15) is 44.2 Å². The molecule has 0 fully saturated rings. The van der Waals surface area contributed by atoms with Crippen LogP contribution in [-0.2, 0) is 20.1 Å². The Hall–Kier alpha value is -2.83. The molecule has 1 aliphatic heterocycles. The lowest BCUT2D eigenvalue weighted by Gasteiger charge is -2.27. The average molecular weight is 411 g/mol. The number of H-pyrrole nitrogens is 1. The lowest BCUT2D eigenvalue weighted by Crippen LogP contribution is -2.52. The highest BCUT2D eigenvalue weighted by Gasteiger charge is 2.36. The zero-order valence-corrected chi connectivity index (χ0v) is 18.7. The summed E-state index contributed by atoms with van der Waals surface area (Å²) in [4.78, 5) is 31.9. The first-order valence-electron chi connectivity index (χ1n) is 10.9. The summed E-state index contributed by atoms with van der Waals surface area (Å²) < 4.78 is 5.05. The molecule has 0 bridgehead atoms. The number of rotatable bonds is 5. The van der Waals surface area contributed by atoms with E-state index in [-0.39, 0.29) is 11.2 Å². The van der Waals surface area contributed by atoms with Gasteiger partial charge in [-0.15, -0.1) is 0 Å². The first-order valence-corrected chi connectivity index (χ1v) is 10.9. The summed E-state index contributed by atoms with van der Waals surface area (Å²) in [7, 11) is 1.74. The number of unbranched alkanes of at least 4 members (excludes halogenated alkanes) is 2. The Bertz CT molecular complexity index is 1200. The van der Waals surface area contributed by atoms with E-state index in [1.54, 1.807) is 11.6 Å². The molecule has 0 unspecified atom stereocenters. The molecule has 3 aromatic rings. The maximum Gasteiger partial charge on any atom is 0.364 e. The second-order valence-corrected chi connectivity index (χ2v) is 8.82. The molecule has 0 amide bonds. The SMILES string of the molecule is CCCCCn1c(=O)c2c([nH]c3[n+]2C[C@H](C)CN3c2cc(C)cc(C)c2)n(C)c1=O. The van der Waals surface area contributed by atoms with Crippen molar-refractivity contribution in [1.82, 2.24) is 14.1 Å². The summed E-state index contributed by atoms with van der Waals surface area (Å²) in [6.07, 6.45) is 2.89. The number of nitrogens with one attached hydrogen (secondary N) is 1. The fourth-order valence-electron chi connectivity index (χ4n) is 4.63. The highest BCUT2D eigenvalue weighted by Crippen LogP contribution is 2.29. The van der Waals surface area contributed by atoms with Crippen LogP contribution in [0.2, 0.25) is 0 Å². The number of imidazole rings is 1. The smallest absolute Gasteiger partial charge is 0.267 e. The summed E-state index contributed by atoms with van der Waals surface area (Å²) >= 11 is 0. The van der Waals surface area contributed by atoms with E-state index < -0.39 is 0 Å². The van der Waals surface area contributed by atoms with E-state index in [2.05, 4.69) is 60.3 Å². The minimum absolute atomic E-state index is 0.193. The molecule has 0 saturated heterocycles. The number of aromatic nitrogens is 4. The van der Waals surface area contributed by atoms with E-state index in [0.29, 0.717) is 23.6 Å². The fraction of sp³-hybridized carbons (Fsp3) is 0.522. The van der Waals surface area contributed by atoms with Crippen molar-refractivity contribution >= 4 is 22.8 Å². The Morgan fingerprint density at radius 1 is 1.13 bits per heavy atom. The molecule has 0 spiro atoms. The molecular formula is C23H32N5O2+. The quantitative estimate of drug-likeness (QED) is 0.520. The number of aryl methyl sites for hydroxylation is 3. The Balaban J connectivity index is 1.93. The lowest BCUT2D eigenvalue weighted by atomic mass is 10.1. The number of hydrogen-bond donors (Lipinski definition) is 1. The van der Waals surface area contributed by atoms with Crippen LogP contribution in [0.5, 0.6) is 0 Å². The molecule has 7 nitrogen and oxygen atoms in total. The zero-order chi connectivity index (χ0) is 21.6. The van der Waals surface area contributed by atoms with Crippen LogP contribution in [-0.4, -0.2) is 20.7 Å². The van der Waals surface area contributed by atoms with Gasteiger partial charge in [0.15, 0.2) is 0 Å². The number of nitrogens with zero attached hydrogens (tertiary/aromatic N) is 4. The van der Waals surface area contributed by atoms with E-state index >= 15 is 0 Å². The van der Waals surface area contributed by atoms with E-state index in [4.69, 9.17) is 0 Å². The molecule has 4 rings (SSSR count). The van der Waals surface area contributed by atoms with Gasteiger partial charge in [0.1, 0.15) is 5.69 Å². The van der Waals surface area contributed by atoms with Crippen LogP contribution in [0.25, 0.3) is 11.2 Å². The minimum atomic E-state index is -0.256. The third-order valence-electron chi connectivity index (χ3n) is 6.03. The highest BCUT2D eigenvalue weighted by molar-refractivity contribution is 5.70. The first-order chi connectivity index (χ1) is 14.3. The maximum absolute atomic E-state index is 13.4. The van der Waals surface area contributed by atoms with E-state index in [9.17, 15) is 9.59 Å². The van der Waals surface area contributed by atoms with Gasteiger partial charge in [-0.1, -0.05) is 32.8 Å². The van der Waals surface area contributed by atoms with Crippen molar-refractivity contribution < 1.29 is 4.57 Å². The second-order valence-electron chi connectivity index (χ2n) is 8.82. The molecule has 30 heavy (non-hydrogen) atoms. The standard InChI is InChI=1S/C23H31N5O2/c1-6-7-8-9-26-21(29)19-20(25(5)23(26)30)24-22-27(13-17(4)14-28(19)22)18-11-15(2)10-16(3)12-18/h10-12,17H,6-9,13-14H2,1-5H3/p+1/t17-/m1/s1. The van der Waals surface area contributed by atoms with Gasteiger partial charge in [0, 0.05) is 19.5 Å². The number of aromatic amines is 1. The molecule has 0 radical (unpaired) electrons. The van der Waals surface area contributed by atoms with Crippen molar-refractivity contribution in [2.75, 3.05) is 11.4 Å². The van der Waals surface area contributed by atoms with Crippen LogP contribution in [0.4, 0.5) is 11.6 Å². The summed E-state index contributed by atoms with van der Waals surface area (Å²) in [5.41, 5.74) is 4.25. The molecule has 1 aliphatic rings. The van der Waals surface area contributed by atoms with Crippen molar-refractivity contribution in [3.63, 3.8) is 0 Å². The van der Waals surface area contributed by atoms with Gasteiger partial charge in [-0.3, -0.25) is 13.9 Å². The number of hydrogen-bond acceptors (Lipinski definition) is 3. The fourth-order valence-corrected chi connectivity index (χ4v) is 4.63. The molecule has 7 heteroatoms. The third-order valence-corrected chi connectivity index (χ3v) is 6.03. The van der Waals surface area contributed by atoms with Crippen molar-refractivity contribution in [3.8, 4) is 0 Å². The Morgan fingerprint density at radius 2 is 1.83 bits per heavy atom. The number of anilines is 2. The number of benzene rings is 1. The molecule has 1 atom stereocenters. The molecule has 3 heterocycles. The topological polar surface area (TPSA) is 66.9 Å². The highest BCUT2D eigenvalue weighted by atomic mass is 16.2. The molecular weight excluding hydrogens is 378 g/mol. The molecule has 1 aromatic carbocycles. The third kappa shape index (κ3) is 3.36. The van der Waals surface area contributed by atoms with Gasteiger partial charge in [0.2, 0.25) is 11.2 Å². The number of fused-ring (bicyclic) bond motifs is 3. The van der Waals surface area contributed by atoms with Gasteiger partial charge in [-0.05, 0) is 43.5 Å². The molecule has 1 N–H and O–H groups in total. The van der Waals surface area contributed by atoms with Crippen LogP contribution in [0.15, 0.2) is 27.8 Å². The largest absolute Gasteiger partial charge is 0.364 e. The van der Waals surface area contributed by atoms with E-state index in [1.807, 2.05) is 0 Å². The molecule has 2 aromatic heterocycles. The zero-order valence-electron chi connectivity index (χ0n) is 18.7. The maximum atomic E-state index is 13.4. The van der Waals surface area contributed by atoms with Crippen LogP contribution in [0, 0.1) is 19.8 Å². The van der Waals surface area contributed by atoms with Crippen LogP contribution < -0.4 is 20.7 Å².